The first-order chi connectivity index (χ1) is 12.1. The summed E-state index contributed by atoms with van der Waals surface area (Å²) in [5.41, 5.74) is 0.593. The molecule has 2 aromatic carbocycles. The fraction of sp³-hybridized carbons (Fsp3) is 0.263. The number of hydrogen-bond acceptors (Lipinski definition) is 3. The van der Waals surface area contributed by atoms with Crippen molar-refractivity contribution in [2.75, 3.05) is 19.7 Å². The number of rotatable bonds is 5. The molecule has 1 heterocycles. The van der Waals surface area contributed by atoms with Gasteiger partial charge in [-0.15, -0.1) is 0 Å². The SMILES string of the molecule is O=C1NCCN(C(=O)CCOc2ccccc2)C1c1ccc(F)cc1. The molecule has 1 aliphatic rings. The van der Waals surface area contributed by atoms with Crippen LogP contribution >= 0.6 is 0 Å². The number of piperazine rings is 1. The Bertz CT molecular complexity index is 734. The van der Waals surface area contributed by atoms with Crippen LogP contribution in [0.4, 0.5) is 4.39 Å². The highest BCUT2D eigenvalue weighted by Gasteiger charge is 2.34. The summed E-state index contributed by atoms with van der Waals surface area (Å²) in [4.78, 5) is 26.4. The number of halogens is 1. The van der Waals surface area contributed by atoms with Crippen LogP contribution in [0.5, 0.6) is 5.75 Å². The molecule has 5 nitrogen and oxygen atoms in total. The molecule has 1 saturated heterocycles. The van der Waals surface area contributed by atoms with E-state index >= 15 is 0 Å². The summed E-state index contributed by atoms with van der Waals surface area (Å²) in [7, 11) is 0. The zero-order chi connectivity index (χ0) is 17.6. The highest BCUT2D eigenvalue weighted by Crippen LogP contribution is 2.24. The van der Waals surface area contributed by atoms with E-state index in [1.54, 1.807) is 0 Å². The Morgan fingerprint density at radius 3 is 2.60 bits per heavy atom. The van der Waals surface area contributed by atoms with Gasteiger partial charge in [-0.05, 0) is 29.8 Å². The summed E-state index contributed by atoms with van der Waals surface area (Å²) in [5.74, 6) is -0.105. The van der Waals surface area contributed by atoms with Gasteiger partial charge in [0, 0.05) is 13.1 Å². The van der Waals surface area contributed by atoms with Gasteiger partial charge in [0.25, 0.3) is 0 Å². The first-order valence-electron chi connectivity index (χ1n) is 8.15. The van der Waals surface area contributed by atoms with Gasteiger partial charge in [-0.2, -0.15) is 0 Å². The Labute approximate surface area is 145 Å². The van der Waals surface area contributed by atoms with E-state index in [1.165, 1.54) is 29.2 Å². The van der Waals surface area contributed by atoms with Gasteiger partial charge < -0.3 is 15.0 Å². The second-order valence-corrected chi connectivity index (χ2v) is 5.74. The Balaban J connectivity index is 1.66. The number of nitrogens with one attached hydrogen (secondary N) is 1. The molecular formula is C19H19FN2O3. The lowest BCUT2D eigenvalue weighted by atomic mass is 10.0. The number of ether oxygens (including phenoxy) is 1. The van der Waals surface area contributed by atoms with Crippen LogP contribution in [0.25, 0.3) is 0 Å². The van der Waals surface area contributed by atoms with Crippen LogP contribution in [0.15, 0.2) is 54.6 Å². The fourth-order valence-electron chi connectivity index (χ4n) is 2.83. The highest BCUT2D eigenvalue weighted by atomic mass is 19.1. The van der Waals surface area contributed by atoms with Crippen molar-refractivity contribution in [1.29, 1.82) is 0 Å². The highest BCUT2D eigenvalue weighted by molar-refractivity contribution is 5.89. The van der Waals surface area contributed by atoms with Gasteiger partial charge in [-0.25, -0.2) is 4.39 Å². The van der Waals surface area contributed by atoms with Crippen molar-refractivity contribution in [3.05, 3.63) is 66.0 Å². The first kappa shape index (κ1) is 17.0. The molecule has 1 atom stereocenters. The van der Waals surface area contributed by atoms with E-state index in [0.29, 0.717) is 24.4 Å². The average Bonchev–Trinajstić information content (AvgIpc) is 2.63. The number of nitrogens with zero attached hydrogens (tertiary/aromatic N) is 1. The van der Waals surface area contributed by atoms with Crippen molar-refractivity contribution in [3.63, 3.8) is 0 Å². The zero-order valence-corrected chi connectivity index (χ0v) is 13.7. The third-order valence-electron chi connectivity index (χ3n) is 4.05. The number of amides is 2. The number of carbonyl (C=O) groups excluding carboxylic acids is 2. The van der Waals surface area contributed by atoms with Crippen LogP contribution in [-0.4, -0.2) is 36.4 Å². The number of hydrogen-bond donors (Lipinski definition) is 1. The summed E-state index contributed by atoms with van der Waals surface area (Å²) < 4.78 is 18.7. The van der Waals surface area contributed by atoms with E-state index in [4.69, 9.17) is 4.74 Å². The Hall–Kier alpha value is -2.89. The molecule has 1 unspecified atom stereocenters. The van der Waals surface area contributed by atoms with Crippen molar-refractivity contribution in [2.45, 2.75) is 12.5 Å². The predicted molar refractivity (Wildman–Crippen MR) is 90.4 cm³/mol. The van der Waals surface area contributed by atoms with Crippen molar-refractivity contribution in [1.82, 2.24) is 10.2 Å². The van der Waals surface area contributed by atoms with E-state index in [-0.39, 0.29) is 30.7 Å². The molecule has 0 radical (unpaired) electrons. The van der Waals surface area contributed by atoms with Crippen molar-refractivity contribution in [2.24, 2.45) is 0 Å². The smallest absolute Gasteiger partial charge is 0.247 e. The van der Waals surface area contributed by atoms with E-state index in [1.807, 2.05) is 30.3 Å². The van der Waals surface area contributed by atoms with Gasteiger partial charge in [0.2, 0.25) is 11.8 Å². The summed E-state index contributed by atoms with van der Waals surface area (Å²) in [5, 5.41) is 2.75. The third kappa shape index (κ3) is 4.15. The molecule has 2 aromatic rings. The van der Waals surface area contributed by atoms with Crippen LogP contribution in [0.3, 0.4) is 0 Å². The number of carbonyl (C=O) groups is 2. The molecule has 1 N–H and O–H groups in total. The zero-order valence-electron chi connectivity index (χ0n) is 13.7. The van der Waals surface area contributed by atoms with Gasteiger partial charge in [-0.3, -0.25) is 9.59 Å². The lowest BCUT2D eigenvalue weighted by Gasteiger charge is -2.35. The summed E-state index contributed by atoms with van der Waals surface area (Å²) in [6, 6.07) is 14.2. The van der Waals surface area contributed by atoms with Gasteiger partial charge in [-0.1, -0.05) is 30.3 Å². The quantitative estimate of drug-likeness (QED) is 0.907. The van der Waals surface area contributed by atoms with Crippen molar-refractivity contribution in [3.8, 4) is 5.75 Å². The Morgan fingerprint density at radius 2 is 1.88 bits per heavy atom. The topological polar surface area (TPSA) is 58.6 Å². The lowest BCUT2D eigenvalue weighted by molar-refractivity contribution is -0.143. The van der Waals surface area contributed by atoms with Gasteiger partial charge in [0.15, 0.2) is 0 Å². The minimum atomic E-state index is -0.737. The molecule has 2 amide bonds. The molecule has 1 aliphatic heterocycles. The van der Waals surface area contributed by atoms with Crippen LogP contribution in [0.2, 0.25) is 0 Å². The van der Waals surface area contributed by atoms with Crippen LogP contribution in [0.1, 0.15) is 18.0 Å². The molecule has 0 spiro atoms. The van der Waals surface area contributed by atoms with E-state index in [0.717, 1.165) is 0 Å². The second-order valence-electron chi connectivity index (χ2n) is 5.74. The molecule has 0 aromatic heterocycles. The molecular weight excluding hydrogens is 323 g/mol. The minimum Gasteiger partial charge on any atom is -0.493 e. The maximum Gasteiger partial charge on any atom is 0.247 e. The van der Waals surface area contributed by atoms with E-state index in [9.17, 15) is 14.0 Å². The van der Waals surface area contributed by atoms with Crippen molar-refractivity contribution < 1.29 is 18.7 Å². The molecule has 3 rings (SSSR count). The molecule has 130 valence electrons. The van der Waals surface area contributed by atoms with Crippen LogP contribution in [0, 0.1) is 5.82 Å². The first-order valence-corrected chi connectivity index (χ1v) is 8.15. The molecule has 0 bridgehead atoms. The molecule has 0 saturated carbocycles. The number of para-hydroxylation sites is 1. The average molecular weight is 342 g/mol. The Morgan fingerprint density at radius 1 is 1.16 bits per heavy atom. The maximum atomic E-state index is 13.1. The molecule has 0 aliphatic carbocycles. The maximum absolute atomic E-state index is 13.1. The lowest BCUT2D eigenvalue weighted by Crippen LogP contribution is -2.52. The van der Waals surface area contributed by atoms with Crippen LogP contribution in [-0.2, 0) is 9.59 Å². The van der Waals surface area contributed by atoms with E-state index in [2.05, 4.69) is 5.32 Å². The summed E-state index contributed by atoms with van der Waals surface area (Å²) in [6.45, 7) is 1.05. The predicted octanol–water partition coefficient (Wildman–Crippen LogP) is 2.29. The van der Waals surface area contributed by atoms with E-state index < -0.39 is 6.04 Å². The van der Waals surface area contributed by atoms with Gasteiger partial charge >= 0.3 is 0 Å². The Kier molecular flexibility index (Phi) is 5.28. The van der Waals surface area contributed by atoms with Crippen LogP contribution < -0.4 is 10.1 Å². The largest absolute Gasteiger partial charge is 0.493 e. The van der Waals surface area contributed by atoms with Crippen molar-refractivity contribution >= 4 is 11.8 Å². The van der Waals surface area contributed by atoms with Gasteiger partial charge in [0.1, 0.15) is 17.6 Å². The summed E-state index contributed by atoms with van der Waals surface area (Å²) in [6.07, 6.45) is 0.167. The minimum absolute atomic E-state index is 0.167. The monoisotopic (exact) mass is 342 g/mol. The molecule has 1 fully saturated rings. The standard InChI is InChI=1S/C19H19FN2O3/c20-15-8-6-14(7-9-15)18-19(24)21-11-12-22(18)17(23)10-13-25-16-4-2-1-3-5-16/h1-9,18H,10-13H2,(H,21,24). The number of benzene rings is 2. The summed E-state index contributed by atoms with van der Waals surface area (Å²) >= 11 is 0. The molecule has 25 heavy (non-hydrogen) atoms. The fourth-order valence-corrected chi connectivity index (χ4v) is 2.83. The second kappa shape index (κ2) is 7.79. The third-order valence-corrected chi connectivity index (χ3v) is 4.05. The normalized spacial score (nSPS) is 17.1. The molecule has 6 heteroatoms. The van der Waals surface area contributed by atoms with Gasteiger partial charge in [0.05, 0.1) is 13.0 Å².